The summed E-state index contributed by atoms with van der Waals surface area (Å²) in [6.07, 6.45) is -0.632. The maximum Gasteiger partial charge on any atom is 0.391 e. The fraction of sp³-hybridized carbons (Fsp3) is 0.727. The molecule has 17 heavy (non-hydrogen) atoms. The zero-order chi connectivity index (χ0) is 12.5. The maximum absolute atomic E-state index is 12.5. The van der Waals surface area contributed by atoms with Gasteiger partial charge in [0.15, 0.2) is 0 Å². The second-order valence-corrected chi connectivity index (χ2v) is 5.76. The van der Waals surface area contributed by atoms with Gasteiger partial charge in [0.05, 0.1) is 10.9 Å². The summed E-state index contributed by atoms with van der Waals surface area (Å²) in [6, 6.07) is 0. The molecule has 1 aliphatic carbocycles. The first kappa shape index (κ1) is 12.8. The van der Waals surface area contributed by atoms with E-state index in [1.807, 2.05) is 5.38 Å². The molecule has 1 saturated carbocycles. The highest BCUT2D eigenvalue weighted by molar-refractivity contribution is 7.09. The zero-order valence-corrected chi connectivity index (χ0v) is 10.2. The van der Waals surface area contributed by atoms with E-state index in [1.54, 1.807) is 6.20 Å². The van der Waals surface area contributed by atoms with E-state index in [9.17, 15) is 13.2 Å². The standard InChI is InChI=1S/C11H15F3N2S/c12-11(13,14)8-1-3-10(15,4-2-8)7-9-16-5-6-17-9/h5-6,8H,1-4,7,15H2. The highest BCUT2D eigenvalue weighted by Crippen LogP contribution is 2.41. The Labute approximate surface area is 102 Å². The Morgan fingerprint density at radius 2 is 2.06 bits per heavy atom. The van der Waals surface area contributed by atoms with Crippen LogP contribution in [-0.4, -0.2) is 16.7 Å². The molecule has 0 aliphatic heterocycles. The van der Waals surface area contributed by atoms with E-state index < -0.39 is 17.6 Å². The SMILES string of the molecule is NC1(Cc2nccs2)CCC(C(F)(F)F)CC1. The summed E-state index contributed by atoms with van der Waals surface area (Å²) in [6.45, 7) is 0. The van der Waals surface area contributed by atoms with E-state index in [0.717, 1.165) is 5.01 Å². The van der Waals surface area contributed by atoms with Gasteiger partial charge in [0.25, 0.3) is 0 Å². The maximum atomic E-state index is 12.5. The van der Waals surface area contributed by atoms with Crippen molar-refractivity contribution in [2.24, 2.45) is 11.7 Å². The first-order chi connectivity index (χ1) is 7.89. The van der Waals surface area contributed by atoms with Crippen LogP contribution in [0.15, 0.2) is 11.6 Å². The average molecular weight is 264 g/mol. The normalized spacial score (nSPS) is 30.5. The molecule has 1 fully saturated rings. The van der Waals surface area contributed by atoms with Crippen LogP contribution >= 0.6 is 11.3 Å². The van der Waals surface area contributed by atoms with Crippen molar-refractivity contribution in [2.75, 3.05) is 0 Å². The monoisotopic (exact) mass is 264 g/mol. The lowest BCUT2D eigenvalue weighted by Gasteiger charge is -2.37. The van der Waals surface area contributed by atoms with E-state index in [2.05, 4.69) is 4.98 Å². The molecule has 1 aliphatic rings. The molecule has 0 aromatic carbocycles. The predicted molar refractivity (Wildman–Crippen MR) is 60.7 cm³/mol. The molecule has 2 N–H and O–H groups in total. The lowest BCUT2D eigenvalue weighted by Crippen LogP contribution is -2.47. The predicted octanol–water partition coefficient (Wildman–Crippen LogP) is 3.14. The van der Waals surface area contributed by atoms with Gasteiger partial charge in [0.2, 0.25) is 0 Å². The van der Waals surface area contributed by atoms with Gasteiger partial charge in [-0.05, 0) is 25.7 Å². The molecule has 6 heteroatoms. The average Bonchev–Trinajstić information content (AvgIpc) is 2.68. The number of hydrogen-bond acceptors (Lipinski definition) is 3. The van der Waals surface area contributed by atoms with Crippen molar-refractivity contribution in [3.05, 3.63) is 16.6 Å². The number of rotatable bonds is 2. The van der Waals surface area contributed by atoms with Crippen molar-refractivity contribution in [2.45, 2.75) is 43.8 Å². The molecule has 1 aromatic rings. The second kappa shape index (κ2) is 4.57. The zero-order valence-electron chi connectivity index (χ0n) is 9.33. The summed E-state index contributed by atoms with van der Waals surface area (Å²) >= 11 is 1.51. The smallest absolute Gasteiger partial charge is 0.325 e. The fourth-order valence-corrected chi connectivity index (χ4v) is 3.11. The van der Waals surface area contributed by atoms with E-state index in [4.69, 9.17) is 5.73 Å². The molecule has 0 radical (unpaired) electrons. The third-order valence-electron chi connectivity index (χ3n) is 3.43. The number of thiazole rings is 1. The van der Waals surface area contributed by atoms with Crippen LogP contribution in [0.25, 0.3) is 0 Å². The van der Waals surface area contributed by atoms with Crippen LogP contribution < -0.4 is 5.73 Å². The molecule has 1 heterocycles. The summed E-state index contributed by atoms with van der Waals surface area (Å²) in [4.78, 5) is 4.14. The van der Waals surface area contributed by atoms with Gasteiger partial charge in [-0.2, -0.15) is 13.2 Å². The number of alkyl halides is 3. The highest BCUT2D eigenvalue weighted by Gasteiger charge is 2.44. The first-order valence-electron chi connectivity index (χ1n) is 5.63. The topological polar surface area (TPSA) is 38.9 Å². The quantitative estimate of drug-likeness (QED) is 0.891. The highest BCUT2D eigenvalue weighted by atomic mass is 32.1. The van der Waals surface area contributed by atoms with Gasteiger partial charge in [-0.15, -0.1) is 11.3 Å². The van der Waals surface area contributed by atoms with Crippen molar-refractivity contribution >= 4 is 11.3 Å². The van der Waals surface area contributed by atoms with Gasteiger partial charge in [0.1, 0.15) is 0 Å². The fourth-order valence-electron chi connectivity index (χ4n) is 2.34. The third kappa shape index (κ3) is 3.19. The first-order valence-corrected chi connectivity index (χ1v) is 6.51. The van der Waals surface area contributed by atoms with Gasteiger partial charge in [-0.1, -0.05) is 0 Å². The number of halogens is 3. The number of aromatic nitrogens is 1. The van der Waals surface area contributed by atoms with Crippen LogP contribution in [0.4, 0.5) is 13.2 Å². The largest absolute Gasteiger partial charge is 0.391 e. The van der Waals surface area contributed by atoms with E-state index in [-0.39, 0.29) is 12.8 Å². The molecule has 96 valence electrons. The molecule has 0 spiro atoms. The van der Waals surface area contributed by atoms with Gasteiger partial charge in [0, 0.05) is 23.5 Å². The minimum atomic E-state index is -4.07. The van der Waals surface area contributed by atoms with Crippen LogP contribution in [0.3, 0.4) is 0 Å². The Balaban J connectivity index is 1.93. The molecule has 1 aromatic heterocycles. The molecule has 2 rings (SSSR count). The molecular weight excluding hydrogens is 249 g/mol. The Kier molecular flexibility index (Phi) is 3.45. The van der Waals surface area contributed by atoms with Crippen LogP contribution in [0.5, 0.6) is 0 Å². The minimum absolute atomic E-state index is 0.144. The summed E-state index contributed by atoms with van der Waals surface area (Å²) in [7, 11) is 0. The molecule has 0 unspecified atom stereocenters. The van der Waals surface area contributed by atoms with Gasteiger partial charge < -0.3 is 5.73 Å². The van der Waals surface area contributed by atoms with Gasteiger partial charge >= 0.3 is 6.18 Å². The Bertz CT molecular complexity index is 353. The van der Waals surface area contributed by atoms with Crippen LogP contribution in [0.2, 0.25) is 0 Å². The summed E-state index contributed by atoms with van der Waals surface area (Å²) in [5, 5.41) is 2.78. The Morgan fingerprint density at radius 1 is 1.41 bits per heavy atom. The van der Waals surface area contributed by atoms with E-state index in [0.29, 0.717) is 19.3 Å². The van der Waals surface area contributed by atoms with Crippen LogP contribution in [0, 0.1) is 5.92 Å². The van der Waals surface area contributed by atoms with E-state index >= 15 is 0 Å². The summed E-state index contributed by atoms with van der Waals surface area (Å²) < 4.78 is 37.6. The summed E-state index contributed by atoms with van der Waals surface area (Å²) in [5.74, 6) is -1.17. The number of nitrogens with zero attached hydrogens (tertiary/aromatic N) is 1. The van der Waals surface area contributed by atoms with Crippen molar-refractivity contribution in [3.8, 4) is 0 Å². The van der Waals surface area contributed by atoms with Crippen LogP contribution in [-0.2, 0) is 6.42 Å². The van der Waals surface area contributed by atoms with Crippen molar-refractivity contribution in [1.29, 1.82) is 0 Å². The van der Waals surface area contributed by atoms with Crippen molar-refractivity contribution in [1.82, 2.24) is 4.98 Å². The Morgan fingerprint density at radius 3 is 2.53 bits per heavy atom. The molecule has 2 nitrogen and oxygen atoms in total. The molecule has 0 saturated heterocycles. The molecular formula is C11H15F3N2S. The van der Waals surface area contributed by atoms with Crippen molar-refractivity contribution in [3.63, 3.8) is 0 Å². The van der Waals surface area contributed by atoms with Crippen molar-refractivity contribution < 1.29 is 13.2 Å². The number of hydrogen-bond donors (Lipinski definition) is 1. The number of nitrogens with two attached hydrogens (primary N) is 1. The van der Waals surface area contributed by atoms with Gasteiger partial charge in [-0.25, -0.2) is 4.98 Å². The van der Waals surface area contributed by atoms with E-state index in [1.165, 1.54) is 11.3 Å². The molecule has 0 bridgehead atoms. The third-order valence-corrected chi connectivity index (χ3v) is 4.21. The second-order valence-electron chi connectivity index (χ2n) is 4.78. The molecule has 0 atom stereocenters. The lowest BCUT2D eigenvalue weighted by molar-refractivity contribution is -0.184. The molecule has 0 amide bonds. The lowest BCUT2D eigenvalue weighted by atomic mass is 9.75. The van der Waals surface area contributed by atoms with Gasteiger partial charge in [-0.3, -0.25) is 0 Å². The Hall–Kier alpha value is -0.620. The van der Waals surface area contributed by atoms with Crippen LogP contribution in [0.1, 0.15) is 30.7 Å². The minimum Gasteiger partial charge on any atom is -0.325 e. The summed E-state index contributed by atoms with van der Waals surface area (Å²) in [5.41, 5.74) is 5.65.